The molecule has 1 rings (SSSR count). The zero-order valence-corrected chi connectivity index (χ0v) is 9.41. The lowest BCUT2D eigenvalue weighted by molar-refractivity contribution is 0.591. The maximum absolute atomic E-state index is 8.74. The van der Waals surface area contributed by atoms with Crippen LogP contribution in [0.5, 0.6) is 0 Å². The first-order chi connectivity index (χ1) is 7.15. The number of nitrogens with one attached hydrogen (secondary N) is 1. The minimum Gasteiger partial charge on any atom is -0.354 e. The quantitative estimate of drug-likeness (QED) is 0.816. The molecule has 0 fully saturated rings. The van der Waals surface area contributed by atoms with Crippen molar-refractivity contribution in [2.45, 2.75) is 27.2 Å². The summed E-state index contributed by atoms with van der Waals surface area (Å²) in [4.78, 5) is 8.29. The number of hydrogen-bond acceptors (Lipinski definition) is 4. The normalized spacial score (nSPS) is 11.9. The topological polar surface area (TPSA) is 61.6 Å². The summed E-state index contributed by atoms with van der Waals surface area (Å²) in [5.41, 5.74) is 1.22. The van der Waals surface area contributed by atoms with E-state index >= 15 is 0 Å². The van der Waals surface area contributed by atoms with Gasteiger partial charge in [0.25, 0.3) is 0 Å². The summed E-state index contributed by atoms with van der Waals surface area (Å²) in [6.07, 6.45) is 1.12. The SMILES string of the molecule is CCC(C)CNc1nc(C)cc(C#N)n1. The fraction of sp³-hybridized carbons (Fsp3) is 0.545. The number of anilines is 1. The number of nitriles is 1. The van der Waals surface area contributed by atoms with Crippen LogP contribution in [0.1, 0.15) is 31.7 Å². The molecule has 1 aromatic heterocycles. The molecule has 1 aromatic rings. The van der Waals surface area contributed by atoms with Gasteiger partial charge in [-0.05, 0) is 18.9 Å². The molecular formula is C11H16N4. The van der Waals surface area contributed by atoms with Gasteiger partial charge in [-0.2, -0.15) is 5.26 Å². The molecule has 1 atom stereocenters. The average Bonchev–Trinajstić information content (AvgIpc) is 2.25. The van der Waals surface area contributed by atoms with Crippen molar-refractivity contribution in [3.05, 3.63) is 17.5 Å². The van der Waals surface area contributed by atoms with Crippen LogP contribution in [0.3, 0.4) is 0 Å². The minimum atomic E-state index is 0.411. The van der Waals surface area contributed by atoms with Crippen LogP contribution in [0, 0.1) is 24.2 Å². The largest absolute Gasteiger partial charge is 0.354 e. The van der Waals surface area contributed by atoms with Gasteiger partial charge in [-0.25, -0.2) is 9.97 Å². The molecule has 0 bridgehead atoms. The summed E-state index contributed by atoms with van der Waals surface area (Å²) in [5.74, 6) is 1.13. The number of aryl methyl sites for hydroxylation is 1. The molecule has 80 valence electrons. The molecule has 15 heavy (non-hydrogen) atoms. The van der Waals surface area contributed by atoms with Crippen LogP contribution in [-0.4, -0.2) is 16.5 Å². The van der Waals surface area contributed by atoms with Crippen molar-refractivity contribution in [2.75, 3.05) is 11.9 Å². The molecule has 0 aromatic carbocycles. The highest BCUT2D eigenvalue weighted by Crippen LogP contribution is 2.06. The van der Waals surface area contributed by atoms with Crippen molar-refractivity contribution in [3.8, 4) is 6.07 Å². The van der Waals surface area contributed by atoms with Crippen LogP contribution in [0.4, 0.5) is 5.95 Å². The summed E-state index contributed by atoms with van der Waals surface area (Å²) in [5, 5.41) is 11.9. The molecule has 0 radical (unpaired) electrons. The summed E-state index contributed by atoms with van der Waals surface area (Å²) in [6.45, 7) is 7.00. The first-order valence-corrected chi connectivity index (χ1v) is 5.15. The van der Waals surface area contributed by atoms with E-state index in [1.165, 1.54) is 0 Å². The fourth-order valence-corrected chi connectivity index (χ4v) is 1.11. The molecule has 0 aliphatic rings. The Hall–Kier alpha value is -1.63. The number of nitrogens with zero attached hydrogens (tertiary/aromatic N) is 3. The smallest absolute Gasteiger partial charge is 0.224 e. The Morgan fingerprint density at radius 2 is 2.27 bits per heavy atom. The van der Waals surface area contributed by atoms with Gasteiger partial charge < -0.3 is 5.32 Å². The van der Waals surface area contributed by atoms with Crippen molar-refractivity contribution in [1.29, 1.82) is 5.26 Å². The first-order valence-electron chi connectivity index (χ1n) is 5.15. The Bertz CT molecular complexity index is 367. The van der Waals surface area contributed by atoms with Crippen molar-refractivity contribution in [1.82, 2.24) is 9.97 Å². The second kappa shape index (κ2) is 5.30. The molecule has 0 aliphatic heterocycles. The van der Waals surface area contributed by atoms with Gasteiger partial charge in [-0.1, -0.05) is 20.3 Å². The number of hydrogen-bond donors (Lipinski definition) is 1. The summed E-state index contributed by atoms with van der Waals surface area (Å²) in [7, 11) is 0. The molecule has 1 unspecified atom stereocenters. The summed E-state index contributed by atoms with van der Waals surface area (Å²) >= 11 is 0. The van der Waals surface area contributed by atoms with E-state index in [9.17, 15) is 0 Å². The van der Waals surface area contributed by atoms with Crippen LogP contribution in [0.15, 0.2) is 6.07 Å². The third-order valence-corrected chi connectivity index (χ3v) is 2.27. The monoisotopic (exact) mass is 204 g/mol. The highest BCUT2D eigenvalue weighted by Gasteiger charge is 2.03. The molecule has 0 saturated heterocycles. The molecule has 4 nitrogen and oxygen atoms in total. The lowest BCUT2D eigenvalue weighted by atomic mass is 10.1. The second-order valence-electron chi connectivity index (χ2n) is 3.72. The van der Waals surface area contributed by atoms with E-state index in [4.69, 9.17) is 5.26 Å². The van der Waals surface area contributed by atoms with E-state index in [1.54, 1.807) is 6.07 Å². The molecule has 4 heteroatoms. The van der Waals surface area contributed by atoms with Crippen LogP contribution in [0.2, 0.25) is 0 Å². The van der Waals surface area contributed by atoms with Gasteiger partial charge in [0.1, 0.15) is 11.8 Å². The highest BCUT2D eigenvalue weighted by atomic mass is 15.1. The van der Waals surface area contributed by atoms with Gasteiger partial charge in [-0.3, -0.25) is 0 Å². The predicted octanol–water partition coefficient (Wildman–Crippen LogP) is 2.11. The lowest BCUT2D eigenvalue weighted by Gasteiger charge is -2.10. The summed E-state index contributed by atoms with van der Waals surface area (Å²) < 4.78 is 0. The Kier molecular flexibility index (Phi) is 4.04. The second-order valence-corrected chi connectivity index (χ2v) is 3.72. The number of aromatic nitrogens is 2. The van der Waals surface area contributed by atoms with Gasteiger partial charge >= 0.3 is 0 Å². The van der Waals surface area contributed by atoms with Crippen molar-refractivity contribution in [3.63, 3.8) is 0 Å². The van der Waals surface area contributed by atoms with Gasteiger partial charge in [0.05, 0.1) is 0 Å². The highest BCUT2D eigenvalue weighted by molar-refractivity contribution is 5.32. The number of rotatable bonds is 4. The Labute approximate surface area is 90.4 Å². The first kappa shape index (κ1) is 11.4. The molecule has 0 amide bonds. The van der Waals surface area contributed by atoms with Crippen molar-refractivity contribution >= 4 is 5.95 Å². The van der Waals surface area contributed by atoms with E-state index in [1.807, 2.05) is 13.0 Å². The van der Waals surface area contributed by atoms with Gasteiger partial charge in [0.2, 0.25) is 5.95 Å². The van der Waals surface area contributed by atoms with E-state index < -0.39 is 0 Å². The standard InChI is InChI=1S/C11H16N4/c1-4-8(2)7-13-11-14-9(3)5-10(6-12)15-11/h5,8H,4,7H2,1-3H3,(H,13,14,15). The van der Waals surface area contributed by atoms with Crippen LogP contribution < -0.4 is 5.32 Å². The lowest BCUT2D eigenvalue weighted by Crippen LogP contribution is -2.13. The van der Waals surface area contributed by atoms with Gasteiger partial charge in [0.15, 0.2) is 0 Å². The Morgan fingerprint density at radius 3 is 2.87 bits per heavy atom. The maximum Gasteiger partial charge on any atom is 0.224 e. The summed E-state index contributed by atoms with van der Waals surface area (Å²) in [6, 6.07) is 3.69. The molecule has 0 aliphatic carbocycles. The maximum atomic E-state index is 8.74. The van der Waals surface area contributed by atoms with Crippen molar-refractivity contribution < 1.29 is 0 Å². The third-order valence-electron chi connectivity index (χ3n) is 2.27. The minimum absolute atomic E-state index is 0.411. The van der Waals surface area contributed by atoms with Crippen LogP contribution in [0.25, 0.3) is 0 Å². The average molecular weight is 204 g/mol. The Morgan fingerprint density at radius 1 is 1.53 bits per heavy atom. The van der Waals surface area contributed by atoms with Crippen LogP contribution >= 0.6 is 0 Å². The van der Waals surface area contributed by atoms with Gasteiger partial charge in [-0.15, -0.1) is 0 Å². The van der Waals surface area contributed by atoms with Crippen LogP contribution in [-0.2, 0) is 0 Å². The van der Waals surface area contributed by atoms with E-state index in [2.05, 4.69) is 29.1 Å². The van der Waals surface area contributed by atoms with E-state index in [0.717, 1.165) is 18.7 Å². The zero-order valence-electron chi connectivity index (χ0n) is 9.41. The Balaban J connectivity index is 2.69. The molecule has 1 heterocycles. The predicted molar refractivity (Wildman–Crippen MR) is 59.4 cm³/mol. The zero-order chi connectivity index (χ0) is 11.3. The van der Waals surface area contributed by atoms with Gasteiger partial charge in [0, 0.05) is 12.2 Å². The third kappa shape index (κ3) is 3.55. The molecule has 1 N–H and O–H groups in total. The van der Waals surface area contributed by atoms with E-state index in [0.29, 0.717) is 17.6 Å². The fourth-order valence-electron chi connectivity index (χ4n) is 1.11. The molecule has 0 saturated carbocycles. The van der Waals surface area contributed by atoms with Crippen molar-refractivity contribution in [2.24, 2.45) is 5.92 Å². The molecule has 0 spiro atoms. The molecular weight excluding hydrogens is 188 g/mol. The van der Waals surface area contributed by atoms with E-state index in [-0.39, 0.29) is 0 Å².